The van der Waals surface area contributed by atoms with E-state index in [9.17, 15) is 103 Å². The lowest BCUT2D eigenvalue weighted by molar-refractivity contribution is -0.479. The summed E-state index contributed by atoms with van der Waals surface area (Å²) < 4.78 is 325. The fraction of sp³-hybridized carbons (Fsp3) is 0.583. The smallest absolute Gasteiger partial charge is 0.445 e. The molecule has 1 aromatic rings. The molecule has 0 radical (unpaired) electrons. The summed E-state index contributed by atoms with van der Waals surface area (Å²) in [6.45, 7) is -0.433. The summed E-state index contributed by atoms with van der Waals surface area (Å²) in [5, 5.41) is 1.22. The highest BCUT2D eigenvalue weighted by Gasteiger charge is 2.99. The molecule has 31 heteroatoms. The second kappa shape index (κ2) is 14.1. The Morgan fingerprint density at radius 3 is 1.24 bits per heavy atom. The summed E-state index contributed by atoms with van der Waals surface area (Å²) in [5.41, 5.74) is -11.1. The first-order valence-electron chi connectivity index (χ1n) is 12.7. The highest BCUT2D eigenvalue weighted by molar-refractivity contribution is 5.99. The summed E-state index contributed by atoms with van der Waals surface area (Å²) in [5.74, 6) is -95.1. The predicted octanol–water partition coefficient (Wildman–Crippen LogP) is 8.55. The Morgan fingerprint density at radius 1 is 0.582 bits per heavy atom. The van der Waals surface area contributed by atoms with Gasteiger partial charge in [-0.1, -0.05) is 0 Å². The second-order valence-electron chi connectivity index (χ2n) is 10.2. The number of hydrogen-bond donors (Lipinski definition) is 1. The first-order valence-corrected chi connectivity index (χ1v) is 12.7. The number of isocyanates is 2. The van der Waals surface area contributed by atoms with Crippen molar-refractivity contribution >= 4 is 35.4 Å². The summed E-state index contributed by atoms with van der Waals surface area (Å²) in [6, 6.07) is -0.263. The number of alkyl halides is 23. The number of halogens is 23. The van der Waals surface area contributed by atoms with E-state index < -0.39 is 112 Å². The molecule has 0 heterocycles. The second-order valence-corrected chi connectivity index (χ2v) is 10.2. The van der Waals surface area contributed by atoms with Crippen molar-refractivity contribution in [2.24, 2.45) is 9.98 Å². The van der Waals surface area contributed by atoms with E-state index in [4.69, 9.17) is 0 Å². The predicted molar refractivity (Wildman–Crippen MR) is 125 cm³/mol. The SMILES string of the molecule is CC(=O)OCNC(=O)c1cc(C)c(N=C=O)c(N=C=O)c1C(F)(F)C(F)(F)C(F)(F)C(F)(F)C(F)(F)C(F)(F)C(F)(F)C(F)(F)C(F)(F)C(F)(F)C(F)(F)F. The quantitative estimate of drug-likeness (QED) is 0.0625. The maximum atomic E-state index is 15.5. The van der Waals surface area contributed by atoms with Gasteiger partial charge < -0.3 is 10.1 Å². The van der Waals surface area contributed by atoms with Gasteiger partial charge >= 0.3 is 71.4 Å². The third kappa shape index (κ3) is 6.81. The van der Waals surface area contributed by atoms with Crippen LogP contribution in [0.4, 0.5) is 112 Å². The third-order valence-corrected chi connectivity index (χ3v) is 6.75. The number of nitrogens with zero attached hydrogens (tertiary/aromatic N) is 2. The van der Waals surface area contributed by atoms with Crippen LogP contribution in [0.15, 0.2) is 16.1 Å². The van der Waals surface area contributed by atoms with Crippen LogP contribution in [0.5, 0.6) is 0 Å². The van der Waals surface area contributed by atoms with Gasteiger partial charge in [-0.2, -0.15) is 111 Å². The van der Waals surface area contributed by atoms with Crippen molar-refractivity contribution < 1.29 is 125 Å². The van der Waals surface area contributed by atoms with Gasteiger partial charge in [0.25, 0.3) is 5.91 Å². The average Bonchev–Trinajstić information content (AvgIpc) is 3.00. The molecule has 0 saturated carbocycles. The molecule has 0 bridgehead atoms. The maximum absolute atomic E-state index is 15.5. The van der Waals surface area contributed by atoms with Crippen LogP contribution in [0.2, 0.25) is 0 Å². The number of amides is 1. The van der Waals surface area contributed by atoms with Crippen molar-refractivity contribution in [3.05, 3.63) is 22.8 Å². The number of ether oxygens (including phenoxy) is 1. The van der Waals surface area contributed by atoms with Crippen molar-refractivity contribution in [3.63, 3.8) is 0 Å². The molecule has 312 valence electrons. The minimum atomic E-state index is -9.66. The maximum Gasteiger partial charge on any atom is 0.460 e. The Labute approximate surface area is 285 Å². The average molecular weight is 857 g/mol. The van der Waals surface area contributed by atoms with Crippen LogP contribution in [-0.4, -0.2) is 90.2 Å². The van der Waals surface area contributed by atoms with Gasteiger partial charge in [0.15, 0.2) is 6.73 Å². The molecule has 0 atom stereocenters. The number of benzene rings is 1. The summed E-state index contributed by atoms with van der Waals surface area (Å²) >= 11 is 0. The number of rotatable bonds is 15. The standard InChI is InChI=1S/C24H10F23N3O5/c1-7-3-9(13(54)50-6-55-8(2)53)10(12(49-5-52)11(7)48-4-51)14(25,26)15(27,28)16(29,30)17(31,32)18(33,34)19(35,36)20(37,38)21(39,40)22(41,42)23(43,44)24(45,46)47/h3H,6H2,1-2H3,(H,50,54). The van der Waals surface area contributed by atoms with E-state index in [0.29, 0.717) is 19.9 Å². The molecule has 0 fully saturated rings. The first kappa shape index (κ1) is 48.3. The highest BCUT2D eigenvalue weighted by atomic mass is 19.4. The zero-order valence-electron chi connectivity index (χ0n) is 25.4. The molecule has 55 heavy (non-hydrogen) atoms. The Bertz CT molecular complexity index is 1780. The zero-order chi connectivity index (χ0) is 44.2. The molecule has 0 spiro atoms. The van der Waals surface area contributed by atoms with E-state index in [1.165, 1.54) is 5.32 Å². The Morgan fingerprint density at radius 2 is 0.909 bits per heavy atom. The largest absolute Gasteiger partial charge is 0.460 e. The third-order valence-electron chi connectivity index (χ3n) is 6.75. The molecule has 0 aromatic heterocycles. The normalized spacial score (nSPS) is 14.5. The topological polar surface area (TPSA) is 114 Å². The molecule has 1 rings (SSSR count). The fourth-order valence-electron chi connectivity index (χ4n) is 3.84. The van der Waals surface area contributed by atoms with Gasteiger partial charge in [0.2, 0.25) is 12.2 Å². The van der Waals surface area contributed by atoms with E-state index in [1.807, 2.05) is 0 Å². The molecule has 0 aliphatic heterocycles. The summed E-state index contributed by atoms with van der Waals surface area (Å²) in [7, 11) is 0. The van der Waals surface area contributed by atoms with Crippen LogP contribution >= 0.6 is 0 Å². The first-order chi connectivity index (χ1) is 24.1. The van der Waals surface area contributed by atoms with E-state index in [2.05, 4.69) is 14.7 Å². The number of aryl methyl sites for hydroxylation is 1. The minimum Gasteiger partial charge on any atom is -0.445 e. The highest BCUT2D eigenvalue weighted by Crippen LogP contribution is 2.68. The molecular weight excluding hydrogens is 847 g/mol. The van der Waals surface area contributed by atoms with Crippen molar-refractivity contribution in [2.45, 2.75) is 79.2 Å². The molecule has 0 unspecified atom stereocenters. The van der Waals surface area contributed by atoms with Crippen LogP contribution < -0.4 is 5.32 Å². The number of aliphatic imine (C=N–C) groups is 2. The minimum absolute atomic E-state index is 0.186. The Kier molecular flexibility index (Phi) is 12.4. The van der Waals surface area contributed by atoms with Gasteiger partial charge in [-0.25, -0.2) is 9.59 Å². The van der Waals surface area contributed by atoms with Gasteiger partial charge in [-0.3, -0.25) is 9.59 Å². The van der Waals surface area contributed by atoms with E-state index in [-0.39, 0.29) is 12.1 Å². The molecule has 0 saturated heterocycles. The lowest BCUT2D eigenvalue weighted by atomic mass is 9.83. The molecule has 1 amide bonds. The number of carbonyl (C=O) groups is 2. The summed E-state index contributed by atoms with van der Waals surface area (Å²) in [6.07, 6.45) is -7.60. The van der Waals surface area contributed by atoms with E-state index in [0.717, 1.165) is 0 Å². The zero-order valence-corrected chi connectivity index (χ0v) is 25.4. The van der Waals surface area contributed by atoms with Gasteiger partial charge in [0.05, 0.1) is 11.1 Å². The van der Waals surface area contributed by atoms with Gasteiger partial charge in [0.1, 0.15) is 11.4 Å². The van der Waals surface area contributed by atoms with Crippen LogP contribution in [0.25, 0.3) is 0 Å². The monoisotopic (exact) mass is 857 g/mol. The number of hydrogen-bond acceptors (Lipinski definition) is 7. The van der Waals surface area contributed by atoms with Crippen molar-refractivity contribution in [1.82, 2.24) is 5.32 Å². The van der Waals surface area contributed by atoms with Gasteiger partial charge in [-0.15, -0.1) is 0 Å². The molecule has 0 aliphatic carbocycles. The van der Waals surface area contributed by atoms with E-state index in [1.54, 1.807) is 0 Å². The lowest BCUT2D eigenvalue weighted by Crippen LogP contribution is -2.77. The summed E-state index contributed by atoms with van der Waals surface area (Å²) in [4.78, 5) is 49.8. The number of nitrogens with one attached hydrogen (secondary N) is 1. The molecule has 8 nitrogen and oxygen atoms in total. The van der Waals surface area contributed by atoms with Gasteiger partial charge in [-0.05, 0) is 18.6 Å². The van der Waals surface area contributed by atoms with Crippen molar-refractivity contribution in [1.29, 1.82) is 0 Å². The van der Waals surface area contributed by atoms with Crippen LogP contribution in [0, 0.1) is 6.92 Å². The molecule has 1 aromatic carbocycles. The molecule has 0 aliphatic rings. The lowest BCUT2D eigenvalue weighted by Gasteiger charge is -2.45. The molecule has 1 N–H and O–H groups in total. The van der Waals surface area contributed by atoms with Crippen LogP contribution in [-0.2, 0) is 25.0 Å². The van der Waals surface area contributed by atoms with E-state index >= 15 is 17.6 Å². The Hall–Kier alpha value is -4.69. The number of esters is 1. The van der Waals surface area contributed by atoms with Crippen molar-refractivity contribution in [2.75, 3.05) is 6.73 Å². The Balaban J connectivity index is 4.30. The van der Waals surface area contributed by atoms with Gasteiger partial charge in [0, 0.05) is 6.92 Å². The van der Waals surface area contributed by atoms with Crippen molar-refractivity contribution in [3.8, 4) is 0 Å². The fourth-order valence-corrected chi connectivity index (χ4v) is 3.84. The molecular formula is C24H10F23N3O5. The van der Waals surface area contributed by atoms with Crippen LogP contribution in [0.3, 0.4) is 0 Å². The number of carbonyl (C=O) groups excluding carboxylic acids is 4. The van der Waals surface area contributed by atoms with Crippen LogP contribution in [0.1, 0.15) is 28.4 Å².